The first-order valence-corrected chi connectivity index (χ1v) is 15.2. The van der Waals surface area contributed by atoms with Gasteiger partial charge in [0.25, 0.3) is 26.0 Å². The van der Waals surface area contributed by atoms with Crippen molar-refractivity contribution in [1.82, 2.24) is 0 Å². The lowest BCUT2D eigenvalue weighted by molar-refractivity contribution is 0.102. The van der Waals surface area contributed by atoms with Crippen molar-refractivity contribution >= 4 is 66.2 Å². The van der Waals surface area contributed by atoms with Crippen LogP contribution in [0.1, 0.15) is 21.5 Å². The highest BCUT2D eigenvalue weighted by molar-refractivity contribution is 7.93. The van der Waals surface area contributed by atoms with Crippen molar-refractivity contribution in [3.8, 4) is 0 Å². The molecular weight excluding hydrogens is 581 g/mol. The molecule has 0 aliphatic heterocycles. The molecule has 1 amide bonds. The monoisotopic (exact) mass is 603 g/mol. The van der Waals surface area contributed by atoms with E-state index in [1.165, 1.54) is 60.7 Å². The van der Waals surface area contributed by atoms with Gasteiger partial charge in [0.1, 0.15) is 0 Å². The van der Waals surface area contributed by atoms with Gasteiger partial charge < -0.3 is 5.32 Å². The molecule has 3 N–H and O–H groups in total. The first-order valence-electron chi connectivity index (χ1n) is 11.4. The number of aryl methyl sites for hydroxylation is 2. The van der Waals surface area contributed by atoms with Gasteiger partial charge in [-0.1, -0.05) is 47.0 Å². The van der Waals surface area contributed by atoms with E-state index in [1.54, 1.807) is 31.2 Å². The van der Waals surface area contributed by atoms with Crippen molar-refractivity contribution in [2.45, 2.75) is 23.6 Å². The van der Waals surface area contributed by atoms with Crippen molar-refractivity contribution in [2.24, 2.45) is 0 Å². The van der Waals surface area contributed by atoms with E-state index >= 15 is 0 Å². The molecule has 0 unspecified atom stereocenters. The van der Waals surface area contributed by atoms with E-state index in [0.29, 0.717) is 22.0 Å². The van der Waals surface area contributed by atoms with Crippen LogP contribution in [0.2, 0.25) is 10.0 Å². The fourth-order valence-electron chi connectivity index (χ4n) is 3.49. The quantitative estimate of drug-likeness (QED) is 0.213. The van der Waals surface area contributed by atoms with Gasteiger partial charge in [-0.15, -0.1) is 0 Å². The smallest absolute Gasteiger partial charge is 0.261 e. The van der Waals surface area contributed by atoms with Crippen LogP contribution in [0.4, 0.5) is 17.1 Å². The van der Waals surface area contributed by atoms with Crippen LogP contribution >= 0.6 is 23.2 Å². The minimum atomic E-state index is -3.89. The van der Waals surface area contributed by atoms with Crippen LogP contribution in [-0.2, 0) is 20.0 Å². The largest absolute Gasteiger partial charge is 0.322 e. The highest BCUT2D eigenvalue weighted by Crippen LogP contribution is 2.27. The minimum Gasteiger partial charge on any atom is -0.322 e. The molecule has 4 aromatic carbocycles. The number of anilines is 3. The Morgan fingerprint density at radius 3 is 1.82 bits per heavy atom. The molecule has 0 spiro atoms. The van der Waals surface area contributed by atoms with Crippen molar-refractivity contribution in [3.05, 3.63) is 112 Å². The molecule has 0 saturated carbocycles. The number of sulfonamides is 2. The molecule has 0 fully saturated rings. The Bertz CT molecular complexity index is 1760. The van der Waals surface area contributed by atoms with Crippen LogP contribution < -0.4 is 14.8 Å². The first-order chi connectivity index (χ1) is 18.3. The van der Waals surface area contributed by atoms with Gasteiger partial charge in [-0.2, -0.15) is 0 Å². The van der Waals surface area contributed by atoms with Crippen LogP contribution in [0.5, 0.6) is 0 Å². The molecule has 0 aromatic heterocycles. The van der Waals surface area contributed by atoms with Gasteiger partial charge in [-0.05, 0) is 86.1 Å². The van der Waals surface area contributed by atoms with Crippen molar-refractivity contribution in [2.75, 3.05) is 14.8 Å². The van der Waals surface area contributed by atoms with E-state index in [1.807, 2.05) is 6.92 Å². The molecule has 39 heavy (non-hydrogen) atoms. The number of hydrogen-bond acceptors (Lipinski definition) is 5. The summed E-state index contributed by atoms with van der Waals surface area (Å²) in [5.74, 6) is -0.520. The van der Waals surface area contributed by atoms with Crippen molar-refractivity contribution in [3.63, 3.8) is 0 Å². The zero-order valence-corrected chi connectivity index (χ0v) is 23.8. The summed E-state index contributed by atoms with van der Waals surface area (Å²) < 4.78 is 55.8. The van der Waals surface area contributed by atoms with E-state index in [0.717, 1.165) is 5.56 Å². The number of halogens is 2. The highest BCUT2D eigenvalue weighted by atomic mass is 35.5. The second kappa shape index (κ2) is 11.3. The number of carbonyl (C=O) groups excluding carboxylic acids is 1. The fraction of sp³-hybridized carbons (Fsp3) is 0.0741. The molecule has 0 atom stereocenters. The molecule has 12 heteroatoms. The summed E-state index contributed by atoms with van der Waals surface area (Å²) in [5, 5.41) is 3.09. The Balaban J connectivity index is 1.44. The van der Waals surface area contributed by atoms with E-state index in [9.17, 15) is 21.6 Å². The molecule has 8 nitrogen and oxygen atoms in total. The van der Waals surface area contributed by atoms with Gasteiger partial charge in [0, 0.05) is 16.3 Å². The second-order valence-corrected chi connectivity index (χ2v) is 12.9. The van der Waals surface area contributed by atoms with Crippen molar-refractivity contribution in [1.29, 1.82) is 0 Å². The molecule has 0 bridgehead atoms. The Labute approximate surface area is 237 Å². The third kappa shape index (κ3) is 6.90. The molecule has 0 heterocycles. The predicted molar refractivity (Wildman–Crippen MR) is 155 cm³/mol. The lowest BCUT2D eigenvalue weighted by Crippen LogP contribution is -2.15. The van der Waals surface area contributed by atoms with Crippen LogP contribution in [0.25, 0.3) is 0 Å². The van der Waals surface area contributed by atoms with Crippen LogP contribution in [0.15, 0.2) is 94.7 Å². The molecule has 0 aliphatic rings. The van der Waals surface area contributed by atoms with Gasteiger partial charge in [-0.3, -0.25) is 14.2 Å². The molecule has 0 saturated heterocycles. The predicted octanol–water partition coefficient (Wildman–Crippen LogP) is 6.46. The molecule has 0 aliphatic carbocycles. The number of hydrogen-bond donors (Lipinski definition) is 3. The highest BCUT2D eigenvalue weighted by Gasteiger charge is 2.18. The number of rotatable bonds is 8. The summed E-state index contributed by atoms with van der Waals surface area (Å²) in [7, 11) is -7.76. The third-order valence-electron chi connectivity index (χ3n) is 5.67. The van der Waals surface area contributed by atoms with Gasteiger partial charge in [-0.25, -0.2) is 16.8 Å². The number of carbonyl (C=O) groups is 1. The summed E-state index contributed by atoms with van der Waals surface area (Å²) in [6.45, 7) is 3.60. The number of amides is 1. The SMILES string of the molecule is Cc1ccc(S(=O)(=O)Nc2ccc(C(=O)Nc3ccc(S(=O)(=O)Nc4cc(Cl)ccc4C)cc3)cc2Cl)cc1. The standard InChI is InChI=1S/C27H23Cl2N3O5S2/c1-17-3-10-22(11-4-17)38(34,35)31-25-14-6-19(15-24(25)29)27(33)30-21-8-12-23(13-9-21)39(36,37)32-26-16-20(28)7-5-18(26)2/h3-16,31-32H,1-2H3,(H,30,33). The molecule has 0 radical (unpaired) electrons. The Morgan fingerprint density at radius 2 is 1.23 bits per heavy atom. The maximum absolute atomic E-state index is 12.8. The molecule has 4 aromatic rings. The van der Waals surface area contributed by atoms with Gasteiger partial charge >= 0.3 is 0 Å². The van der Waals surface area contributed by atoms with E-state index in [4.69, 9.17) is 23.2 Å². The average Bonchev–Trinajstić information content (AvgIpc) is 2.88. The maximum atomic E-state index is 12.8. The Hall–Kier alpha value is -3.57. The first kappa shape index (κ1) is 28.4. The fourth-order valence-corrected chi connectivity index (χ4v) is 6.15. The average molecular weight is 605 g/mol. The van der Waals surface area contributed by atoms with E-state index < -0.39 is 26.0 Å². The third-order valence-corrected chi connectivity index (χ3v) is 8.98. The van der Waals surface area contributed by atoms with Gasteiger partial charge in [0.15, 0.2) is 0 Å². The molecular formula is C27H23Cl2N3O5S2. The van der Waals surface area contributed by atoms with E-state index in [2.05, 4.69) is 14.8 Å². The Morgan fingerprint density at radius 1 is 0.667 bits per heavy atom. The van der Waals surface area contributed by atoms with Crippen LogP contribution in [0, 0.1) is 13.8 Å². The van der Waals surface area contributed by atoms with Crippen LogP contribution in [-0.4, -0.2) is 22.7 Å². The van der Waals surface area contributed by atoms with E-state index in [-0.39, 0.29) is 26.1 Å². The normalized spacial score (nSPS) is 11.6. The lowest BCUT2D eigenvalue weighted by Gasteiger charge is -2.12. The zero-order chi connectivity index (χ0) is 28.4. The van der Waals surface area contributed by atoms with Gasteiger partial charge in [0.2, 0.25) is 0 Å². The molecule has 202 valence electrons. The molecule has 4 rings (SSSR count). The lowest BCUT2D eigenvalue weighted by atomic mass is 10.2. The summed E-state index contributed by atoms with van der Waals surface area (Å²) in [6, 6.07) is 21.0. The zero-order valence-electron chi connectivity index (χ0n) is 20.7. The summed E-state index contributed by atoms with van der Waals surface area (Å²) in [4.78, 5) is 12.8. The second-order valence-electron chi connectivity index (χ2n) is 8.66. The summed E-state index contributed by atoms with van der Waals surface area (Å²) >= 11 is 12.2. The summed E-state index contributed by atoms with van der Waals surface area (Å²) in [5.41, 5.74) is 2.63. The Kier molecular flexibility index (Phi) is 8.22. The van der Waals surface area contributed by atoms with Crippen LogP contribution in [0.3, 0.4) is 0 Å². The summed E-state index contributed by atoms with van der Waals surface area (Å²) in [6.07, 6.45) is 0. The number of nitrogens with one attached hydrogen (secondary N) is 3. The number of benzene rings is 4. The topological polar surface area (TPSA) is 121 Å². The minimum absolute atomic E-state index is 0.00636. The maximum Gasteiger partial charge on any atom is 0.261 e. The van der Waals surface area contributed by atoms with Gasteiger partial charge in [0.05, 0.1) is 26.2 Å². The van der Waals surface area contributed by atoms with Crippen molar-refractivity contribution < 1.29 is 21.6 Å².